The normalized spacial score (nSPS) is 21.3. The molecule has 1 aliphatic rings. The molecule has 4 nitrogen and oxygen atoms in total. The summed E-state index contributed by atoms with van der Waals surface area (Å²) in [6.45, 7) is 4.08. The molecule has 1 rings (SSSR count). The maximum atomic E-state index is 12.0. The van der Waals surface area contributed by atoms with Gasteiger partial charge < -0.3 is 10.2 Å². The average Bonchev–Trinajstić information content (AvgIpc) is 2.88. The Labute approximate surface area is 150 Å². The Kier molecular flexibility index (Phi) is 9.78. The number of hydrogen-bond donors (Lipinski definition) is 2. The number of carboxylic acid groups (broad SMARTS) is 1. The predicted octanol–water partition coefficient (Wildman–Crippen LogP) is 4.22. The molecule has 0 saturated carbocycles. The van der Waals surface area contributed by atoms with Crippen molar-refractivity contribution < 1.29 is 19.8 Å². The number of aliphatic carboxylic acids is 1. The van der Waals surface area contributed by atoms with Crippen molar-refractivity contribution in [3.8, 4) is 0 Å². The summed E-state index contributed by atoms with van der Waals surface area (Å²) < 4.78 is 0. The highest BCUT2D eigenvalue weighted by atomic mass is 16.4. The van der Waals surface area contributed by atoms with Gasteiger partial charge in [0.25, 0.3) is 0 Å². The smallest absolute Gasteiger partial charge is 0.303 e. The summed E-state index contributed by atoms with van der Waals surface area (Å²) in [7, 11) is 0. The third-order valence-electron chi connectivity index (χ3n) is 4.20. The second kappa shape index (κ2) is 11.6. The Bertz CT molecular complexity index is 550. The van der Waals surface area contributed by atoms with Crippen LogP contribution >= 0.6 is 0 Å². The molecule has 0 amide bonds. The fourth-order valence-corrected chi connectivity index (χ4v) is 2.75. The predicted molar refractivity (Wildman–Crippen MR) is 100 cm³/mol. The van der Waals surface area contributed by atoms with Crippen LogP contribution < -0.4 is 0 Å². The third-order valence-corrected chi connectivity index (χ3v) is 4.20. The van der Waals surface area contributed by atoms with E-state index in [-0.39, 0.29) is 24.0 Å². The Hall–Kier alpha value is -1.94. The molecule has 138 valence electrons. The second-order valence-corrected chi connectivity index (χ2v) is 6.75. The summed E-state index contributed by atoms with van der Waals surface area (Å²) in [5.41, 5.74) is 1.25. The van der Waals surface area contributed by atoms with E-state index in [0.717, 1.165) is 6.42 Å². The van der Waals surface area contributed by atoms with E-state index in [4.69, 9.17) is 5.11 Å². The lowest BCUT2D eigenvalue weighted by atomic mass is 9.90. The van der Waals surface area contributed by atoms with Crippen molar-refractivity contribution in [2.75, 3.05) is 0 Å². The second-order valence-electron chi connectivity index (χ2n) is 6.75. The number of hydrogen-bond acceptors (Lipinski definition) is 3. The Balaban J connectivity index is 2.41. The van der Waals surface area contributed by atoms with Crippen LogP contribution in [-0.2, 0) is 9.59 Å². The Morgan fingerprint density at radius 1 is 1.28 bits per heavy atom. The van der Waals surface area contributed by atoms with Crippen LogP contribution in [0.3, 0.4) is 0 Å². The van der Waals surface area contributed by atoms with Crippen LogP contribution in [0.4, 0.5) is 0 Å². The molecule has 0 bridgehead atoms. The molecule has 0 unspecified atom stereocenters. The van der Waals surface area contributed by atoms with Gasteiger partial charge in [-0.25, -0.2) is 0 Å². The van der Waals surface area contributed by atoms with Gasteiger partial charge in [0.2, 0.25) is 0 Å². The third kappa shape index (κ3) is 9.20. The molecule has 3 atom stereocenters. The molecule has 0 aromatic rings. The molecular formula is C21H30O4. The number of carbonyl (C=O) groups is 2. The molecule has 4 heteroatoms. The van der Waals surface area contributed by atoms with Crippen LogP contribution in [0.5, 0.6) is 0 Å². The highest BCUT2D eigenvalue weighted by Crippen LogP contribution is 2.27. The highest BCUT2D eigenvalue weighted by Gasteiger charge is 2.27. The van der Waals surface area contributed by atoms with E-state index in [1.54, 1.807) is 12.2 Å². The summed E-state index contributed by atoms with van der Waals surface area (Å²) >= 11 is 0. The summed E-state index contributed by atoms with van der Waals surface area (Å²) in [6, 6.07) is 0. The van der Waals surface area contributed by atoms with Gasteiger partial charge in [0, 0.05) is 18.3 Å². The molecule has 0 radical (unpaired) electrons. The zero-order valence-electron chi connectivity index (χ0n) is 15.2. The minimum absolute atomic E-state index is 0.0225. The molecule has 2 N–H and O–H groups in total. The summed E-state index contributed by atoms with van der Waals surface area (Å²) in [6.07, 6.45) is 16.4. The van der Waals surface area contributed by atoms with Crippen molar-refractivity contribution >= 4 is 11.8 Å². The zero-order chi connectivity index (χ0) is 18.7. The van der Waals surface area contributed by atoms with E-state index in [1.165, 1.54) is 5.57 Å². The topological polar surface area (TPSA) is 74.6 Å². The van der Waals surface area contributed by atoms with Crippen LogP contribution in [0.2, 0.25) is 0 Å². The van der Waals surface area contributed by atoms with Gasteiger partial charge in [-0.1, -0.05) is 42.0 Å². The number of ketones is 1. The SMILES string of the molecule is CC(C)=CCC[C@@H](O)/C=C/[C@@H]1C=CC(=O)[C@@H]1C/C=C\CCCC(=O)O. The zero-order valence-corrected chi connectivity index (χ0v) is 15.2. The molecule has 0 fully saturated rings. The lowest BCUT2D eigenvalue weighted by molar-refractivity contribution is -0.137. The van der Waals surface area contributed by atoms with Crippen molar-refractivity contribution in [2.45, 2.75) is 58.5 Å². The Morgan fingerprint density at radius 2 is 2.04 bits per heavy atom. The number of carbonyl (C=O) groups excluding carboxylic acids is 1. The van der Waals surface area contributed by atoms with Crippen molar-refractivity contribution in [3.05, 3.63) is 48.1 Å². The first-order chi connectivity index (χ1) is 11.9. The van der Waals surface area contributed by atoms with Gasteiger partial charge >= 0.3 is 5.97 Å². The van der Waals surface area contributed by atoms with E-state index >= 15 is 0 Å². The number of aliphatic hydroxyl groups is 1. The van der Waals surface area contributed by atoms with Gasteiger partial charge in [0.15, 0.2) is 5.78 Å². The first-order valence-electron chi connectivity index (χ1n) is 8.98. The fourth-order valence-electron chi connectivity index (χ4n) is 2.75. The lowest BCUT2D eigenvalue weighted by Gasteiger charge is -2.13. The van der Waals surface area contributed by atoms with Gasteiger partial charge in [-0.3, -0.25) is 9.59 Å². The quantitative estimate of drug-likeness (QED) is 0.434. The molecule has 0 heterocycles. The minimum atomic E-state index is -0.781. The first kappa shape index (κ1) is 21.1. The summed E-state index contributed by atoms with van der Waals surface area (Å²) in [4.78, 5) is 22.4. The van der Waals surface area contributed by atoms with Crippen LogP contribution in [0, 0.1) is 11.8 Å². The summed E-state index contributed by atoms with van der Waals surface area (Å²) in [5, 5.41) is 18.6. The molecular weight excluding hydrogens is 316 g/mol. The Morgan fingerprint density at radius 3 is 2.72 bits per heavy atom. The van der Waals surface area contributed by atoms with E-state index in [1.807, 2.05) is 38.2 Å². The van der Waals surface area contributed by atoms with Gasteiger partial charge in [-0.2, -0.15) is 0 Å². The minimum Gasteiger partial charge on any atom is -0.481 e. The van der Waals surface area contributed by atoms with Gasteiger partial charge in [-0.15, -0.1) is 0 Å². The number of rotatable bonds is 11. The fraction of sp³-hybridized carbons (Fsp3) is 0.524. The molecule has 0 aliphatic heterocycles. The maximum absolute atomic E-state index is 12.0. The monoisotopic (exact) mass is 346 g/mol. The molecule has 25 heavy (non-hydrogen) atoms. The number of aliphatic hydroxyl groups excluding tert-OH is 1. The van der Waals surface area contributed by atoms with E-state index in [0.29, 0.717) is 25.7 Å². The standard InChI is InChI=1S/C21H30O4/c1-16(2)8-7-9-18(22)14-12-17-13-15-20(23)19(17)10-5-3-4-6-11-21(24)25/h3,5,8,12-15,17-19,22H,4,6-7,9-11H2,1-2H3,(H,24,25)/b5-3-,14-12+/t17-,18-,19-/m1/s1. The van der Waals surface area contributed by atoms with Gasteiger partial charge in [0.1, 0.15) is 0 Å². The molecule has 0 saturated heterocycles. The van der Waals surface area contributed by atoms with Crippen molar-refractivity contribution in [1.29, 1.82) is 0 Å². The van der Waals surface area contributed by atoms with Crippen LogP contribution in [0.25, 0.3) is 0 Å². The van der Waals surface area contributed by atoms with Crippen LogP contribution in [-0.4, -0.2) is 28.1 Å². The van der Waals surface area contributed by atoms with Crippen molar-refractivity contribution in [3.63, 3.8) is 0 Å². The van der Waals surface area contributed by atoms with Crippen LogP contribution in [0.1, 0.15) is 52.4 Å². The highest BCUT2D eigenvalue weighted by molar-refractivity contribution is 5.95. The van der Waals surface area contributed by atoms with Gasteiger partial charge in [0.05, 0.1) is 6.10 Å². The largest absolute Gasteiger partial charge is 0.481 e. The summed E-state index contributed by atoms with van der Waals surface area (Å²) in [5.74, 6) is -0.757. The van der Waals surface area contributed by atoms with Crippen LogP contribution in [0.15, 0.2) is 48.1 Å². The number of allylic oxidation sites excluding steroid dienone is 7. The van der Waals surface area contributed by atoms with E-state index in [2.05, 4.69) is 6.08 Å². The van der Waals surface area contributed by atoms with E-state index < -0.39 is 12.1 Å². The maximum Gasteiger partial charge on any atom is 0.303 e. The van der Waals surface area contributed by atoms with E-state index in [9.17, 15) is 14.7 Å². The average molecular weight is 346 g/mol. The van der Waals surface area contributed by atoms with Gasteiger partial charge in [-0.05, 0) is 52.0 Å². The molecule has 0 aromatic carbocycles. The van der Waals surface area contributed by atoms with Crippen molar-refractivity contribution in [2.24, 2.45) is 11.8 Å². The first-order valence-corrected chi connectivity index (χ1v) is 8.98. The number of carboxylic acids is 1. The molecule has 0 spiro atoms. The lowest BCUT2D eigenvalue weighted by Crippen LogP contribution is -2.14. The number of unbranched alkanes of at least 4 members (excludes halogenated alkanes) is 1. The molecule has 0 aromatic heterocycles. The van der Waals surface area contributed by atoms with Crippen molar-refractivity contribution in [1.82, 2.24) is 0 Å². The molecule has 1 aliphatic carbocycles.